The van der Waals surface area contributed by atoms with Gasteiger partial charge >= 0.3 is 0 Å². The summed E-state index contributed by atoms with van der Waals surface area (Å²) >= 11 is 0. The van der Waals surface area contributed by atoms with E-state index in [0.29, 0.717) is 11.9 Å². The second kappa shape index (κ2) is 7.86. The van der Waals surface area contributed by atoms with E-state index in [4.69, 9.17) is 10.1 Å². The lowest BCUT2D eigenvalue weighted by Crippen LogP contribution is -2.33. The molecule has 0 bridgehead atoms. The number of ether oxygens (including phenoxy) is 1. The zero-order valence-electron chi connectivity index (χ0n) is 12.0. The quantitative estimate of drug-likeness (QED) is 0.478. The molecule has 1 aliphatic rings. The third kappa shape index (κ3) is 4.34. The third-order valence-electron chi connectivity index (χ3n) is 3.28. The van der Waals surface area contributed by atoms with E-state index in [1.54, 1.807) is 23.0 Å². The lowest BCUT2D eigenvalue weighted by atomic mass is 10.1. The molecule has 0 aromatic carbocycles. The van der Waals surface area contributed by atoms with Crippen LogP contribution in [0.3, 0.4) is 0 Å². The highest BCUT2D eigenvalue weighted by Gasteiger charge is 2.11. The summed E-state index contributed by atoms with van der Waals surface area (Å²) in [7, 11) is 3.30. The largest absolute Gasteiger partial charge is 0.381 e. The first-order valence-corrected chi connectivity index (χ1v) is 7.45. The average molecular weight is 305 g/mol. The maximum absolute atomic E-state index is 7.43. The number of allylic oxidation sites excluding steroid dienone is 1. The number of nitrogens with zero attached hydrogens (tertiary/aromatic N) is 3. The van der Waals surface area contributed by atoms with Crippen LogP contribution in [0.4, 0.5) is 0 Å². The van der Waals surface area contributed by atoms with Crippen LogP contribution in [0.25, 0.3) is 5.82 Å². The Balaban J connectivity index is 2.09. The van der Waals surface area contributed by atoms with E-state index in [1.165, 1.54) is 6.21 Å². The van der Waals surface area contributed by atoms with Crippen molar-refractivity contribution in [1.82, 2.24) is 14.9 Å². The molecule has 0 aliphatic carbocycles. The summed E-state index contributed by atoms with van der Waals surface area (Å²) in [4.78, 5) is 8.66. The Bertz CT molecular complexity index is 557. The van der Waals surface area contributed by atoms with Gasteiger partial charge in [-0.15, -0.1) is 8.86 Å². The van der Waals surface area contributed by atoms with Gasteiger partial charge in [0.05, 0.1) is 12.0 Å². The van der Waals surface area contributed by atoms with Crippen LogP contribution in [0.1, 0.15) is 25.5 Å². The van der Waals surface area contributed by atoms with Gasteiger partial charge < -0.3 is 15.5 Å². The van der Waals surface area contributed by atoms with Gasteiger partial charge in [0.15, 0.2) is 0 Å². The van der Waals surface area contributed by atoms with Gasteiger partial charge in [-0.05, 0) is 25.6 Å². The summed E-state index contributed by atoms with van der Waals surface area (Å²) < 4.78 is 7.12. The van der Waals surface area contributed by atoms with Crippen LogP contribution < -0.4 is 5.32 Å². The van der Waals surface area contributed by atoms with E-state index in [-0.39, 0.29) is 0 Å². The predicted molar refractivity (Wildman–Crippen MR) is 88.9 cm³/mol. The van der Waals surface area contributed by atoms with Crippen molar-refractivity contribution in [2.24, 2.45) is 4.99 Å². The topological polar surface area (TPSA) is 75.3 Å². The Morgan fingerprint density at radius 2 is 2.33 bits per heavy atom. The molecule has 0 amide bonds. The molecule has 0 radical (unpaired) electrons. The first kappa shape index (κ1) is 15.6. The standard InChI is InChI=1S/C14H20N5OP/c1-11(6-15)14(19-7-13(8-21)18-10-19)17-9-16-12-2-4-20-5-3-12/h6-10,12,15,21H,2-5H2,1H3,(H,16,17)/b14-11+,15-6?. The molecule has 0 atom stereocenters. The molecule has 6 nitrogen and oxygen atoms in total. The number of aliphatic imine (C=N–C) groups is 1. The molecule has 1 aliphatic heterocycles. The molecule has 7 heteroatoms. The fourth-order valence-corrected chi connectivity index (χ4v) is 2.18. The van der Waals surface area contributed by atoms with Crippen LogP contribution >= 0.6 is 8.86 Å². The SMILES string of the molecule is C/C(C=N)=C(/N=C/NC1CCOCC1)n1cnc(C=P)c1. The van der Waals surface area contributed by atoms with Crippen LogP contribution in [-0.4, -0.2) is 47.2 Å². The Morgan fingerprint density at radius 1 is 1.57 bits per heavy atom. The molecule has 1 aromatic heterocycles. The number of imidazole rings is 1. The molecular formula is C14H20N5OP. The van der Waals surface area contributed by atoms with E-state index in [0.717, 1.165) is 37.3 Å². The van der Waals surface area contributed by atoms with Crippen LogP contribution in [0.5, 0.6) is 0 Å². The van der Waals surface area contributed by atoms with Gasteiger partial charge in [-0.25, -0.2) is 9.98 Å². The van der Waals surface area contributed by atoms with E-state index >= 15 is 0 Å². The Morgan fingerprint density at radius 3 is 2.95 bits per heavy atom. The lowest BCUT2D eigenvalue weighted by Gasteiger charge is -2.21. The van der Waals surface area contributed by atoms with Crippen LogP contribution in [-0.2, 0) is 4.74 Å². The second-order valence-corrected chi connectivity index (χ2v) is 5.10. The molecule has 2 heterocycles. The zero-order valence-corrected chi connectivity index (χ0v) is 13.0. The lowest BCUT2D eigenvalue weighted by molar-refractivity contribution is 0.0827. The van der Waals surface area contributed by atoms with Gasteiger partial charge in [-0.3, -0.25) is 4.57 Å². The highest BCUT2D eigenvalue weighted by Crippen LogP contribution is 2.12. The molecule has 1 saturated heterocycles. The maximum Gasteiger partial charge on any atom is 0.144 e. The highest BCUT2D eigenvalue weighted by atomic mass is 31.0. The summed E-state index contributed by atoms with van der Waals surface area (Å²) in [5, 5.41) is 10.7. The van der Waals surface area contributed by atoms with Gasteiger partial charge in [0, 0.05) is 37.2 Å². The number of aromatic nitrogens is 2. The smallest absolute Gasteiger partial charge is 0.144 e. The Kier molecular flexibility index (Phi) is 5.84. The minimum absolute atomic E-state index is 0.401. The Hall–Kier alpha value is -1.78. The molecule has 2 N–H and O–H groups in total. The van der Waals surface area contributed by atoms with Gasteiger partial charge in [0.25, 0.3) is 0 Å². The minimum atomic E-state index is 0.401. The summed E-state index contributed by atoms with van der Waals surface area (Å²) in [6.45, 7) is 3.43. The van der Waals surface area contributed by atoms with Gasteiger partial charge in [0.2, 0.25) is 0 Å². The molecule has 2 rings (SSSR count). The van der Waals surface area contributed by atoms with E-state index in [2.05, 4.69) is 24.2 Å². The molecule has 1 fully saturated rings. The Labute approximate surface area is 126 Å². The molecule has 0 saturated carbocycles. The minimum Gasteiger partial charge on any atom is -0.381 e. The fraction of sp³-hybridized carbons (Fsp3) is 0.429. The molecule has 0 spiro atoms. The molecule has 112 valence electrons. The summed E-state index contributed by atoms with van der Waals surface area (Å²) in [6.07, 6.45) is 8.50. The number of hydrogen-bond donors (Lipinski definition) is 2. The highest BCUT2D eigenvalue weighted by molar-refractivity contribution is 7.19. The van der Waals surface area contributed by atoms with Gasteiger partial charge in [-0.2, -0.15) is 0 Å². The van der Waals surface area contributed by atoms with Crippen LogP contribution in [0.15, 0.2) is 23.1 Å². The van der Waals surface area contributed by atoms with Crippen molar-refractivity contribution in [2.45, 2.75) is 25.8 Å². The van der Waals surface area contributed by atoms with Crippen molar-refractivity contribution < 1.29 is 4.74 Å². The zero-order chi connectivity index (χ0) is 15.1. The van der Waals surface area contributed by atoms with Crippen molar-refractivity contribution >= 4 is 33.0 Å². The van der Waals surface area contributed by atoms with Crippen molar-refractivity contribution in [1.29, 1.82) is 5.41 Å². The normalized spacial score (nSPS) is 17.6. The van der Waals surface area contributed by atoms with E-state index in [9.17, 15) is 0 Å². The van der Waals surface area contributed by atoms with Crippen molar-refractivity contribution in [3.8, 4) is 0 Å². The average Bonchev–Trinajstić information content (AvgIpc) is 3.00. The second-order valence-electron chi connectivity index (χ2n) is 4.81. The summed E-state index contributed by atoms with van der Waals surface area (Å²) in [5.41, 5.74) is 1.56. The summed E-state index contributed by atoms with van der Waals surface area (Å²) in [5.74, 6) is 2.41. The number of rotatable bonds is 6. The van der Waals surface area contributed by atoms with Gasteiger partial charge in [-0.1, -0.05) is 0 Å². The van der Waals surface area contributed by atoms with Crippen LogP contribution in [0, 0.1) is 5.41 Å². The van der Waals surface area contributed by atoms with Crippen LogP contribution in [0.2, 0.25) is 0 Å². The monoisotopic (exact) mass is 305 g/mol. The van der Waals surface area contributed by atoms with E-state index < -0.39 is 0 Å². The van der Waals surface area contributed by atoms with Crippen molar-refractivity contribution in [3.05, 3.63) is 23.8 Å². The van der Waals surface area contributed by atoms with Crippen molar-refractivity contribution in [3.63, 3.8) is 0 Å². The predicted octanol–water partition coefficient (Wildman–Crippen LogP) is 1.81. The fourth-order valence-electron chi connectivity index (χ4n) is 2.03. The maximum atomic E-state index is 7.43. The number of hydrogen-bond acceptors (Lipinski definition) is 4. The number of nitrogens with one attached hydrogen (secondary N) is 2. The first-order chi connectivity index (χ1) is 10.2. The molecular weight excluding hydrogens is 285 g/mol. The van der Waals surface area contributed by atoms with Gasteiger partial charge in [0.1, 0.15) is 12.1 Å². The third-order valence-corrected chi connectivity index (χ3v) is 3.58. The van der Waals surface area contributed by atoms with Crippen molar-refractivity contribution in [2.75, 3.05) is 13.2 Å². The molecule has 1 aromatic rings. The van der Waals surface area contributed by atoms with E-state index in [1.807, 2.05) is 13.1 Å². The summed E-state index contributed by atoms with van der Waals surface area (Å²) in [6, 6.07) is 0.401. The first-order valence-electron chi connectivity index (χ1n) is 6.87. The molecule has 0 unspecified atom stereocenters. The molecule has 21 heavy (non-hydrogen) atoms.